The number of halogens is 2. The second-order valence-electron chi connectivity index (χ2n) is 4.44. The van der Waals surface area contributed by atoms with Gasteiger partial charge in [0.15, 0.2) is 0 Å². The first-order valence-corrected chi connectivity index (χ1v) is 6.77. The lowest BCUT2D eigenvalue weighted by Gasteiger charge is -2.24. The maximum Gasteiger partial charge on any atom is 0.138 e. The van der Waals surface area contributed by atoms with Gasteiger partial charge in [0, 0.05) is 24.6 Å². The molecule has 0 bridgehead atoms. The first-order valence-electron chi connectivity index (χ1n) is 6.02. The van der Waals surface area contributed by atoms with E-state index in [0.29, 0.717) is 28.3 Å². The zero-order valence-corrected chi connectivity index (χ0v) is 11.8. The molecule has 3 nitrogen and oxygen atoms in total. The Hall–Kier alpha value is -0.480. The monoisotopic (exact) mass is 289 g/mol. The van der Waals surface area contributed by atoms with Crippen molar-refractivity contribution in [2.24, 2.45) is 5.92 Å². The molecule has 1 aromatic rings. The molecule has 1 aromatic carbocycles. The van der Waals surface area contributed by atoms with Gasteiger partial charge in [-0.25, -0.2) is 0 Å². The van der Waals surface area contributed by atoms with Crippen molar-refractivity contribution in [1.82, 2.24) is 5.32 Å². The quantitative estimate of drug-likeness (QED) is 0.904. The van der Waals surface area contributed by atoms with Crippen molar-refractivity contribution < 1.29 is 9.47 Å². The topological polar surface area (TPSA) is 30.5 Å². The molecular formula is C13H17Cl2NO2. The van der Waals surface area contributed by atoms with Gasteiger partial charge in [-0.2, -0.15) is 0 Å². The summed E-state index contributed by atoms with van der Waals surface area (Å²) < 4.78 is 11.2. The highest BCUT2D eigenvalue weighted by Gasteiger charge is 2.27. The lowest BCUT2D eigenvalue weighted by Crippen LogP contribution is -2.33. The Kier molecular flexibility index (Phi) is 5.13. The highest BCUT2D eigenvalue weighted by atomic mass is 35.5. The van der Waals surface area contributed by atoms with Crippen molar-refractivity contribution in [1.29, 1.82) is 0 Å². The number of nitrogens with one attached hydrogen (secondary N) is 1. The molecule has 18 heavy (non-hydrogen) atoms. The molecule has 100 valence electrons. The Bertz CT molecular complexity index is 395. The zero-order valence-electron chi connectivity index (χ0n) is 10.3. The van der Waals surface area contributed by atoms with Gasteiger partial charge in [-0.15, -0.1) is 0 Å². The molecule has 0 aromatic heterocycles. The second kappa shape index (κ2) is 6.62. The van der Waals surface area contributed by atoms with E-state index in [0.717, 1.165) is 19.5 Å². The number of ether oxygens (including phenoxy) is 2. The molecule has 1 aliphatic heterocycles. The summed E-state index contributed by atoms with van der Waals surface area (Å²) in [5.41, 5.74) is 0. The fourth-order valence-corrected chi connectivity index (χ4v) is 2.61. The summed E-state index contributed by atoms with van der Waals surface area (Å²) in [6, 6.07) is 5.27. The first kappa shape index (κ1) is 13.9. The number of rotatable bonds is 5. The third kappa shape index (κ3) is 3.51. The molecule has 1 N–H and O–H groups in total. The van der Waals surface area contributed by atoms with Crippen LogP contribution in [0.5, 0.6) is 5.75 Å². The summed E-state index contributed by atoms with van der Waals surface area (Å²) in [7, 11) is 1.68. The zero-order chi connectivity index (χ0) is 13.0. The molecule has 1 aliphatic rings. The van der Waals surface area contributed by atoms with Crippen molar-refractivity contribution in [2.45, 2.75) is 12.5 Å². The van der Waals surface area contributed by atoms with Crippen LogP contribution in [0.15, 0.2) is 18.2 Å². The summed E-state index contributed by atoms with van der Waals surface area (Å²) in [5, 5.41) is 4.48. The highest BCUT2D eigenvalue weighted by Crippen LogP contribution is 2.30. The summed E-state index contributed by atoms with van der Waals surface area (Å²) in [6.07, 6.45) is 1.11. The Morgan fingerprint density at radius 3 is 2.89 bits per heavy atom. The Morgan fingerprint density at radius 1 is 1.44 bits per heavy atom. The van der Waals surface area contributed by atoms with Gasteiger partial charge in [-0.3, -0.25) is 0 Å². The number of hydrogen-bond acceptors (Lipinski definition) is 3. The fourth-order valence-electron chi connectivity index (χ4n) is 2.16. The number of benzene rings is 1. The molecule has 0 amide bonds. The maximum absolute atomic E-state index is 6.11. The molecule has 1 heterocycles. The smallest absolute Gasteiger partial charge is 0.138 e. The predicted octanol–water partition coefficient (Wildman–Crippen LogP) is 3.00. The Labute approximate surface area is 117 Å². The van der Waals surface area contributed by atoms with Gasteiger partial charge in [0.1, 0.15) is 11.9 Å². The standard InChI is InChI=1S/C13H17Cl2NO2/c1-17-8-13(9-4-5-16-7-9)18-12-3-2-10(14)6-11(12)15/h2-3,6,9,13,16H,4-5,7-8H2,1H3/t9-,13-/m0/s1. The van der Waals surface area contributed by atoms with Crippen LogP contribution in [0.4, 0.5) is 0 Å². The lowest BCUT2D eigenvalue weighted by molar-refractivity contribution is 0.0483. The van der Waals surface area contributed by atoms with E-state index in [-0.39, 0.29) is 6.10 Å². The minimum Gasteiger partial charge on any atom is -0.486 e. The number of methoxy groups -OCH3 is 1. The third-order valence-electron chi connectivity index (χ3n) is 3.13. The van der Waals surface area contributed by atoms with Crippen LogP contribution in [0.3, 0.4) is 0 Å². The lowest BCUT2D eigenvalue weighted by atomic mass is 10.0. The highest BCUT2D eigenvalue weighted by molar-refractivity contribution is 6.35. The van der Waals surface area contributed by atoms with E-state index in [9.17, 15) is 0 Å². The van der Waals surface area contributed by atoms with Gasteiger partial charge in [0.2, 0.25) is 0 Å². The van der Waals surface area contributed by atoms with Crippen LogP contribution in [-0.2, 0) is 4.74 Å². The molecule has 2 rings (SSSR count). The normalized spacial score (nSPS) is 20.9. The van der Waals surface area contributed by atoms with Gasteiger partial charge >= 0.3 is 0 Å². The molecule has 0 saturated carbocycles. The number of hydrogen-bond donors (Lipinski definition) is 1. The van der Waals surface area contributed by atoms with Crippen LogP contribution in [-0.4, -0.2) is 32.9 Å². The minimum atomic E-state index is 0.0173. The predicted molar refractivity (Wildman–Crippen MR) is 73.7 cm³/mol. The average molecular weight is 290 g/mol. The van der Waals surface area contributed by atoms with Crippen LogP contribution < -0.4 is 10.1 Å². The maximum atomic E-state index is 6.11. The van der Waals surface area contributed by atoms with Crippen LogP contribution >= 0.6 is 23.2 Å². The Balaban J connectivity index is 2.07. The van der Waals surface area contributed by atoms with Gasteiger partial charge in [0.25, 0.3) is 0 Å². The molecule has 0 radical (unpaired) electrons. The SMILES string of the molecule is COC[C@H](Oc1ccc(Cl)cc1Cl)[C@H]1CCNC1. The molecule has 0 spiro atoms. The summed E-state index contributed by atoms with van der Waals surface area (Å²) >= 11 is 12.0. The van der Waals surface area contributed by atoms with E-state index in [1.165, 1.54) is 0 Å². The molecule has 0 unspecified atom stereocenters. The average Bonchev–Trinajstić information content (AvgIpc) is 2.85. The van der Waals surface area contributed by atoms with Crippen molar-refractivity contribution in [3.8, 4) is 5.75 Å². The van der Waals surface area contributed by atoms with Crippen molar-refractivity contribution >= 4 is 23.2 Å². The largest absolute Gasteiger partial charge is 0.486 e. The molecule has 0 aliphatic carbocycles. The Morgan fingerprint density at radius 2 is 2.28 bits per heavy atom. The fraction of sp³-hybridized carbons (Fsp3) is 0.538. The molecule has 5 heteroatoms. The van der Waals surface area contributed by atoms with Gasteiger partial charge in [-0.05, 0) is 31.2 Å². The van der Waals surface area contributed by atoms with Crippen LogP contribution in [0.1, 0.15) is 6.42 Å². The van der Waals surface area contributed by atoms with E-state index >= 15 is 0 Å². The first-order chi connectivity index (χ1) is 8.70. The van der Waals surface area contributed by atoms with E-state index in [1.54, 1.807) is 25.3 Å². The van der Waals surface area contributed by atoms with Crippen molar-refractivity contribution in [2.75, 3.05) is 26.8 Å². The van der Waals surface area contributed by atoms with Gasteiger partial charge in [0.05, 0.1) is 11.6 Å². The van der Waals surface area contributed by atoms with Gasteiger partial charge in [-0.1, -0.05) is 23.2 Å². The third-order valence-corrected chi connectivity index (χ3v) is 3.66. The van der Waals surface area contributed by atoms with E-state index < -0.39 is 0 Å². The molecule has 1 fully saturated rings. The van der Waals surface area contributed by atoms with Crippen LogP contribution in [0.2, 0.25) is 10.0 Å². The molecule has 1 saturated heterocycles. The van der Waals surface area contributed by atoms with E-state index in [4.69, 9.17) is 32.7 Å². The van der Waals surface area contributed by atoms with E-state index in [2.05, 4.69) is 5.32 Å². The summed E-state index contributed by atoms with van der Waals surface area (Å²) in [5.74, 6) is 1.12. The molecular weight excluding hydrogens is 273 g/mol. The summed E-state index contributed by atoms with van der Waals surface area (Å²) in [6.45, 7) is 2.55. The van der Waals surface area contributed by atoms with Gasteiger partial charge < -0.3 is 14.8 Å². The second-order valence-corrected chi connectivity index (χ2v) is 5.28. The van der Waals surface area contributed by atoms with Crippen LogP contribution in [0.25, 0.3) is 0 Å². The van der Waals surface area contributed by atoms with Crippen molar-refractivity contribution in [3.63, 3.8) is 0 Å². The summed E-state index contributed by atoms with van der Waals surface area (Å²) in [4.78, 5) is 0. The minimum absolute atomic E-state index is 0.0173. The molecule has 2 atom stereocenters. The van der Waals surface area contributed by atoms with Crippen LogP contribution in [0, 0.1) is 5.92 Å². The van der Waals surface area contributed by atoms with E-state index in [1.807, 2.05) is 0 Å². The van der Waals surface area contributed by atoms with Crippen molar-refractivity contribution in [3.05, 3.63) is 28.2 Å².